The third-order valence-corrected chi connectivity index (χ3v) is 6.42. The van der Waals surface area contributed by atoms with E-state index in [2.05, 4.69) is 36.9 Å². The number of anilines is 1. The van der Waals surface area contributed by atoms with E-state index in [1.165, 1.54) is 6.33 Å². The second-order valence-corrected chi connectivity index (χ2v) is 8.08. The van der Waals surface area contributed by atoms with Gasteiger partial charge >= 0.3 is 0 Å². The maximum absolute atomic E-state index is 13.2. The lowest BCUT2D eigenvalue weighted by Gasteiger charge is -2.26. The van der Waals surface area contributed by atoms with Gasteiger partial charge in [0.2, 0.25) is 12.2 Å². The first-order chi connectivity index (χ1) is 14.2. The van der Waals surface area contributed by atoms with Gasteiger partial charge in [-0.1, -0.05) is 36.9 Å². The molecule has 1 saturated carbocycles. The molecule has 5 rings (SSSR count). The maximum Gasteiger partial charge on any atom is 0.274 e. The number of rotatable bonds is 3. The lowest BCUT2D eigenvalue weighted by Crippen LogP contribution is -2.33. The highest BCUT2D eigenvalue weighted by atomic mass is 16.2. The number of benzene rings is 1. The van der Waals surface area contributed by atoms with E-state index in [-0.39, 0.29) is 17.9 Å². The smallest absolute Gasteiger partial charge is 0.274 e. The van der Waals surface area contributed by atoms with Gasteiger partial charge in [0.25, 0.3) is 5.82 Å². The van der Waals surface area contributed by atoms with Crippen LogP contribution in [-0.4, -0.2) is 40.2 Å². The Labute approximate surface area is 169 Å². The zero-order valence-corrected chi connectivity index (χ0v) is 16.1. The molecular formula is C22H22N6O. The van der Waals surface area contributed by atoms with Crippen LogP contribution >= 0.6 is 0 Å². The van der Waals surface area contributed by atoms with E-state index in [1.54, 1.807) is 11.1 Å². The fourth-order valence-electron chi connectivity index (χ4n) is 5.03. The van der Waals surface area contributed by atoms with Crippen molar-refractivity contribution >= 4 is 23.8 Å². The Hall–Kier alpha value is -3.27. The van der Waals surface area contributed by atoms with E-state index >= 15 is 0 Å². The molecule has 2 fully saturated rings. The molecule has 2 aromatic rings. The molecule has 7 nitrogen and oxygen atoms in total. The molecule has 3 unspecified atom stereocenters. The highest BCUT2D eigenvalue weighted by molar-refractivity contribution is 5.82. The fraction of sp³-hybridized carbons (Fsp3) is 0.409. The summed E-state index contributed by atoms with van der Waals surface area (Å²) in [7, 11) is 0. The quantitative estimate of drug-likeness (QED) is 0.758. The SMILES string of the molecule is [C-]#[N+]c1cc(N2CC3CC(C(=O)N4N=CCC4c4ccccc4)CC3C2)ncn1. The Morgan fingerprint density at radius 1 is 1.10 bits per heavy atom. The Morgan fingerprint density at radius 2 is 1.86 bits per heavy atom. The lowest BCUT2D eigenvalue weighted by atomic mass is 10.0. The third kappa shape index (κ3) is 3.25. The van der Waals surface area contributed by atoms with Crippen LogP contribution in [-0.2, 0) is 4.79 Å². The number of hydrazone groups is 1. The number of aromatic nitrogens is 2. The van der Waals surface area contributed by atoms with Crippen LogP contribution in [0.1, 0.15) is 30.9 Å². The second kappa shape index (κ2) is 7.28. The van der Waals surface area contributed by atoms with Crippen molar-refractivity contribution < 1.29 is 4.79 Å². The predicted octanol–water partition coefficient (Wildman–Crippen LogP) is 3.45. The van der Waals surface area contributed by atoms with Gasteiger partial charge in [0.1, 0.15) is 5.82 Å². The van der Waals surface area contributed by atoms with E-state index in [0.717, 1.165) is 43.7 Å². The van der Waals surface area contributed by atoms with E-state index in [9.17, 15) is 4.79 Å². The number of hydrogen-bond acceptors (Lipinski definition) is 5. The van der Waals surface area contributed by atoms with Crippen molar-refractivity contribution in [3.63, 3.8) is 0 Å². The van der Waals surface area contributed by atoms with Crippen molar-refractivity contribution in [1.82, 2.24) is 15.0 Å². The second-order valence-electron chi connectivity index (χ2n) is 8.08. The summed E-state index contributed by atoms with van der Waals surface area (Å²) in [6.07, 6.45) is 5.89. The van der Waals surface area contributed by atoms with Gasteiger partial charge in [-0.2, -0.15) is 10.1 Å². The molecule has 3 atom stereocenters. The molecule has 3 heterocycles. The molecule has 1 aromatic carbocycles. The van der Waals surface area contributed by atoms with Crippen molar-refractivity contribution in [2.45, 2.75) is 25.3 Å². The average Bonchev–Trinajstić information content (AvgIpc) is 3.48. The van der Waals surface area contributed by atoms with Gasteiger partial charge in [0.15, 0.2) is 0 Å². The standard InChI is InChI=1S/C22H22N6O/c1-23-20-11-21(25-14-24-20)27-12-17-9-16(10-18(17)13-27)22(29)28-19(7-8-26-28)15-5-3-2-4-6-15/h2-6,8,11,14,16-19H,7,9-10,12-13H2. The van der Waals surface area contributed by atoms with Crippen molar-refractivity contribution in [2.75, 3.05) is 18.0 Å². The van der Waals surface area contributed by atoms with Crippen molar-refractivity contribution in [3.05, 3.63) is 59.7 Å². The molecule has 1 amide bonds. The van der Waals surface area contributed by atoms with Crippen molar-refractivity contribution in [2.24, 2.45) is 22.9 Å². The molecule has 1 saturated heterocycles. The summed E-state index contributed by atoms with van der Waals surface area (Å²) in [5.74, 6) is 2.35. The molecule has 2 aliphatic heterocycles. The van der Waals surface area contributed by atoms with Crippen molar-refractivity contribution in [1.29, 1.82) is 0 Å². The normalized spacial score (nSPS) is 27.8. The number of carbonyl (C=O) groups is 1. The van der Waals surface area contributed by atoms with E-state index in [0.29, 0.717) is 17.7 Å². The minimum absolute atomic E-state index is 0.0219. The average molecular weight is 386 g/mol. The Balaban J connectivity index is 1.25. The minimum Gasteiger partial charge on any atom is -0.360 e. The summed E-state index contributed by atoms with van der Waals surface area (Å²) < 4.78 is 0. The summed E-state index contributed by atoms with van der Waals surface area (Å²) in [5.41, 5.74) is 1.14. The first-order valence-corrected chi connectivity index (χ1v) is 10.1. The van der Waals surface area contributed by atoms with Crippen LogP contribution < -0.4 is 4.90 Å². The Bertz CT molecular complexity index is 970. The van der Waals surface area contributed by atoms with Crippen LogP contribution in [0.3, 0.4) is 0 Å². The summed E-state index contributed by atoms with van der Waals surface area (Å²) in [4.78, 5) is 27.2. The number of carbonyl (C=O) groups excluding carboxylic acids is 1. The number of fused-ring (bicyclic) bond motifs is 1. The molecular weight excluding hydrogens is 364 g/mol. The van der Waals surface area contributed by atoms with E-state index in [4.69, 9.17) is 6.57 Å². The summed E-state index contributed by atoms with van der Waals surface area (Å²) in [6.45, 7) is 8.90. The summed E-state index contributed by atoms with van der Waals surface area (Å²) in [5, 5.41) is 6.13. The summed E-state index contributed by atoms with van der Waals surface area (Å²) >= 11 is 0. The first-order valence-electron chi connectivity index (χ1n) is 10.1. The fourth-order valence-corrected chi connectivity index (χ4v) is 5.03. The molecule has 0 radical (unpaired) electrons. The monoisotopic (exact) mass is 386 g/mol. The Kier molecular flexibility index (Phi) is 4.47. The predicted molar refractivity (Wildman–Crippen MR) is 109 cm³/mol. The van der Waals surface area contributed by atoms with Crippen LogP contribution in [0, 0.1) is 24.3 Å². The molecule has 3 aliphatic rings. The first kappa shape index (κ1) is 17.8. The molecule has 0 spiro atoms. The van der Waals surface area contributed by atoms with Crippen LogP contribution in [0.25, 0.3) is 4.85 Å². The Morgan fingerprint density at radius 3 is 2.59 bits per heavy atom. The van der Waals surface area contributed by atoms with Crippen molar-refractivity contribution in [3.8, 4) is 0 Å². The van der Waals surface area contributed by atoms with Gasteiger partial charge in [0, 0.05) is 37.7 Å². The van der Waals surface area contributed by atoms with Gasteiger partial charge in [0.05, 0.1) is 6.04 Å². The van der Waals surface area contributed by atoms with Gasteiger partial charge < -0.3 is 9.74 Å². The number of hydrogen-bond donors (Lipinski definition) is 0. The van der Waals surface area contributed by atoms with Gasteiger partial charge in [-0.05, 0) is 30.2 Å². The van der Waals surface area contributed by atoms with Crippen LogP contribution in [0.15, 0.2) is 47.8 Å². The minimum atomic E-state index is 0.0219. The van der Waals surface area contributed by atoms with E-state index < -0.39 is 0 Å². The largest absolute Gasteiger partial charge is 0.360 e. The molecule has 146 valence electrons. The molecule has 7 heteroatoms. The maximum atomic E-state index is 13.2. The third-order valence-electron chi connectivity index (χ3n) is 6.42. The highest BCUT2D eigenvalue weighted by Crippen LogP contribution is 2.44. The van der Waals surface area contributed by atoms with Crippen LogP contribution in [0.4, 0.5) is 11.6 Å². The molecule has 1 aliphatic carbocycles. The van der Waals surface area contributed by atoms with Gasteiger partial charge in [-0.15, -0.1) is 4.98 Å². The zero-order valence-electron chi connectivity index (χ0n) is 16.1. The van der Waals surface area contributed by atoms with Gasteiger partial charge in [-0.25, -0.2) is 5.01 Å². The number of nitrogens with zero attached hydrogens (tertiary/aromatic N) is 6. The zero-order chi connectivity index (χ0) is 19.8. The number of amides is 1. The lowest BCUT2D eigenvalue weighted by molar-refractivity contribution is -0.137. The molecule has 0 bridgehead atoms. The topological polar surface area (TPSA) is 66.1 Å². The van der Waals surface area contributed by atoms with Gasteiger partial charge in [-0.3, -0.25) is 4.79 Å². The summed E-state index contributed by atoms with van der Waals surface area (Å²) in [6, 6.07) is 11.9. The van der Waals surface area contributed by atoms with Crippen LogP contribution in [0.2, 0.25) is 0 Å². The van der Waals surface area contributed by atoms with Crippen LogP contribution in [0.5, 0.6) is 0 Å². The van der Waals surface area contributed by atoms with E-state index in [1.807, 2.05) is 24.4 Å². The molecule has 0 N–H and O–H groups in total. The molecule has 1 aromatic heterocycles. The highest BCUT2D eigenvalue weighted by Gasteiger charge is 2.46. The molecule has 29 heavy (non-hydrogen) atoms.